The number of hydrogen-bond acceptors (Lipinski definition) is 3. The van der Waals surface area contributed by atoms with Crippen molar-refractivity contribution in [2.75, 3.05) is 11.9 Å². The van der Waals surface area contributed by atoms with E-state index in [2.05, 4.69) is 38.1 Å². The Bertz CT molecular complexity index is 587. The molecule has 0 saturated heterocycles. The van der Waals surface area contributed by atoms with Crippen molar-refractivity contribution in [3.8, 4) is 11.4 Å². The predicted octanol–water partition coefficient (Wildman–Crippen LogP) is 4.18. The Morgan fingerprint density at radius 1 is 1.26 bits per heavy atom. The van der Waals surface area contributed by atoms with Gasteiger partial charge in [0, 0.05) is 28.3 Å². The number of nitrogens with zero attached hydrogens (tertiary/aromatic N) is 2. The first-order valence-electron chi connectivity index (χ1n) is 6.15. The van der Waals surface area contributed by atoms with Crippen LogP contribution in [0, 0.1) is 12.7 Å². The number of benzene rings is 1. The Hall–Kier alpha value is -1.49. The highest BCUT2D eigenvalue weighted by molar-refractivity contribution is 9.10. The molecule has 0 aliphatic carbocycles. The van der Waals surface area contributed by atoms with Gasteiger partial charge in [-0.05, 0) is 47.5 Å². The van der Waals surface area contributed by atoms with Crippen molar-refractivity contribution >= 4 is 21.7 Å². The van der Waals surface area contributed by atoms with Crippen LogP contribution in [0.3, 0.4) is 0 Å². The lowest BCUT2D eigenvalue weighted by Crippen LogP contribution is -2.04. The zero-order valence-corrected chi connectivity index (χ0v) is 12.5. The molecule has 100 valence electrons. The van der Waals surface area contributed by atoms with E-state index in [-0.39, 0.29) is 5.82 Å². The van der Waals surface area contributed by atoms with E-state index in [0.29, 0.717) is 10.3 Å². The average Bonchev–Trinajstić information content (AvgIpc) is 2.35. The number of nitrogens with one attached hydrogen (secondary N) is 1. The molecule has 0 saturated carbocycles. The zero-order valence-electron chi connectivity index (χ0n) is 10.9. The lowest BCUT2D eigenvalue weighted by molar-refractivity contribution is 0.627. The van der Waals surface area contributed by atoms with Crippen LogP contribution in [0.2, 0.25) is 0 Å². The molecular formula is C14H15BrFN3. The van der Waals surface area contributed by atoms with Crippen LogP contribution in [0.25, 0.3) is 11.4 Å². The van der Waals surface area contributed by atoms with Crippen LogP contribution in [-0.2, 0) is 0 Å². The van der Waals surface area contributed by atoms with Crippen molar-refractivity contribution in [2.24, 2.45) is 0 Å². The molecule has 0 radical (unpaired) electrons. The molecule has 1 aromatic carbocycles. The average molecular weight is 324 g/mol. The molecule has 2 rings (SSSR count). The van der Waals surface area contributed by atoms with E-state index in [1.807, 2.05) is 13.0 Å². The van der Waals surface area contributed by atoms with Crippen LogP contribution in [0.1, 0.15) is 19.0 Å². The quantitative estimate of drug-likeness (QED) is 0.917. The molecule has 0 aliphatic rings. The Balaban J connectivity index is 2.41. The van der Waals surface area contributed by atoms with Crippen LogP contribution in [0.4, 0.5) is 10.2 Å². The highest BCUT2D eigenvalue weighted by Gasteiger charge is 2.09. The molecule has 5 heteroatoms. The van der Waals surface area contributed by atoms with Gasteiger partial charge in [0.2, 0.25) is 0 Å². The van der Waals surface area contributed by atoms with Gasteiger partial charge in [0.05, 0.1) is 0 Å². The minimum atomic E-state index is -0.285. The van der Waals surface area contributed by atoms with E-state index in [0.717, 1.165) is 30.0 Å². The van der Waals surface area contributed by atoms with Crippen molar-refractivity contribution in [2.45, 2.75) is 20.3 Å². The second kappa shape index (κ2) is 6.10. The van der Waals surface area contributed by atoms with Gasteiger partial charge in [0.25, 0.3) is 0 Å². The van der Waals surface area contributed by atoms with Crippen LogP contribution in [0.15, 0.2) is 28.7 Å². The zero-order chi connectivity index (χ0) is 13.8. The fourth-order valence-electron chi connectivity index (χ4n) is 1.70. The van der Waals surface area contributed by atoms with Gasteiger partial charge in [-0.1, -0.05) is 6.92 Å². The van der Waals surface area contributed by atoms with Crippen molar-refractivity contribution < 1.29 is 4.39 Å². The first-order valence-corrected chi connectivity index (χ1v) is 6.94. The fourth-order valence-corrected chi connectivity index (χ4v) is 2.23. The highest BCUT2D eigenvalue weighted by atomic mass is 79.9. The van der Waals surface area contributed by atoms with Gasteiger partial charge in [0.15, 0.2) is 5.82 Å². The summed E-state index contributed by atoms with van der Waals surface area (Å²) in [6, 6.07) is 6.40. The Morgan fingerprint density at radius 2 is 2.05 bits per heavy atom. The van der Waals surface area contributed by atoms with E-state index >= 15 is 0 Å². The minimum absolute atomic E-state index is 0.285. The van der Waals surface area contributed by atoms with Crippen LogP contribution < -0.4 is 5.32 Å². The number of rotatable bonds is 4. The van der Waals surface area contributed by atoms with E-state index in [1.165, 1.54) is 12.1 Å². The molecular weight excluding hydrogens is 309 g/mol. The van der Waals surface area contributed by atoms with Gasteiger partial charge < -0.3 is 5.32 Å². The summed E-state index contributed by atoms with van der Waals surface area (Å²) in [5, 5.41) is 3.24. The van der Waals surface area contributed by atoms with Gasteiger partial charge in [-0.3, -0.25) is 0 Å². The first kappa shape index (κ1) is 13.9. The third-order valence-corrected chi connectivity index (χ3v) is 3.24. The lowest BCUT2D eigenvalue weighted by Gasteiger charge is -2.09. The van der Waals surface area contributed by atoms with Gasteiger partial charge in [0.1, 0.15) is 11.6 Å². The van der Waals surface area contributed by atoms with Crippen LogP contribution in [-0.4, -0.2) is 16.5 Å². The summed E-state index contributed by atoms with van der Waals surface area (Å²) in [4.78, 5) is 8.86. The summed E-state index contributed by atoms with van der Waals surface area (Å²) < 4.78 is 13.8. The maximum atomic E-state index is 13.1. The molecule has 0 atom stereocenters. The minimum Gasteiger partial charge on any atom is -0.370 e. The second-order valence-electron chi connectivity index (χ2n) is 4.27. The molecule has 0 fully saturated rings. The van der Waals surface area contributed by atoms with Crippen LogP contribution in [0.5, 0.6) is 0 Å². The Labute approximate surface area is 120 Å². The summed E-state index contributed by atoms with van der Waals surface area (Å²) in [6.45, 7) is 4.87. The van der Waals surface area contributed by atoms with Crippen molar-refractivity contribution in [3.05, 3.63) is 40.2 Å². The standard InChI is InChI=1S/C14H15BrFN3/c1-3-6-17-13-7-9(2)18-14(19-13)11-5-4-10(16)8-12(11)15/h4-5,7-8H,3,6H2,1-2H3,(H,17,18,19). The molecule has 1 N–H and O–H groups in total. The molecule has 3 nitrogen and oxygen atoms in total. The van der Waals surface area contributed by atoms with E-state index in [9.17, 15) is 4.39 Å². The summed E-state index contributed by atoms with van der Waals surface area (Å²) in [5.41, 5.74) is 1.66. The summed E-state index contributed by atoms with van der Waals surface area (Å²) in [5.74, 6) is 1.10. The maximum Gasteiger partial charge on any atom is 0.162 e. The van der Waals surface area contributed by atoms with Gasteiger partial charge in [-0.2, -0.15) is 0 Å². The normalized spacial score (nSPS) is 10.5. The van der Waals surface area contributed by atoms with Gasteiger partial charge >= 0.3 is 0 Å². The molecule has 0 bridgehead atoms. The Morgan fingerprint density at radius 3 is 2.74 bits per heavy atom. The fraction of sp³-hybridized carbons (Fsp3) is 0.286. The van der Waals surface area contributed by atoms with Gasteiger partial charge in [-0.25, -0.2) is 14.4 Å². The molecule has 0 unspecified atom stereocenters. The topological polar surface area (TPSA) is 37.8 Å². The molecule has 0 amide bonds. The van der Waals surface area contributed by atoms with E-state index in [4.69, 9.17) is 0 Å². The SMILES string of the molecule is CCCNc1cc(C)nc(-c2ccc(F)cc2Br)n1. The number of aryl methyl sites for hydroxylation is 1. The largest absolute Gasteiger partial charge is 0.370 e. The van der Waals surface area contributed by atoms with Gasteiger partial charge in [-0.15, -0.1) is 0 Å². The number of aromatic nitrogens is 2. The van der Waals surface area contributed by atoms with Crippen LogP contribution >= 0.6 is 15.9 Å². The highest BCUT2D eigenvalue weighted by Crippen LogP contribution is 2.27. The third-order valence-electron chi connectivity index (χ3n) is 2.58. The van der Waals surface area contributed by atoms with Crippen molar-refractivity contribution in [3.63, 3.8) is 0 Å². The first-order chi connectivity index (χ1) is 9.10. The Kier molecular flexibility index (Phi) is 4.47. The summed E-state index contributed by atoms with van der Waals surface area (Å²) >= 11 is 3.35. The number of hydrogen-bond donors (Lipinski definition) is 1. The molecule has 0 spiro atoms. The van der Waals surface area contributed by atoms with Crippen molar-refractivity contribution in [1.29, 1.82) is 0 Å². The van der Waals surface area contributed by atoms with E-state index in [1.54, 1.807) is 6.07 Å². The number of halogens is 2. The molecule has 19 heavy (non-hydrogen) atoms. The third kappa shape index (κ3) is 3.50. The predicted molar refractivity (Wildman–Crippen MR) is 78.6 cm³/mol. The molecule has 2 aromatic rings. The van der Waals surface area contributed by atoms with E-state index < -0.39 is 0 Å². The summed E-state index contributed by atoms with van der Waals surface area (Å²) in [6.07, 6.45) is 1.03. The lowest BCUT2D eigenvalue weighted by atomic mass is 10.2. The maximum absolute atomic E-state index is 13.1. The monoisotopic (exact) mass is 323 g/mol. The molecule has 1 heterocycles. The second-order valence-corrected chi connectivity index (χ2v) is 5.12. The molecule has 0 aliphatic heterocycles. The smallest absolute Gasteiger partial charge is 0.162 e. The number of anilines is 1. The summed E-state index contributed by atoms with van der Waals surface area (Å²) in [7, 11) is 0. The van der Waals surface area contributed by atoms with Crippen molar-refractivity contribution in [1.82, 2.24) is 9.97 Å². The molecule has 1 aromatic heterocycles.